The van der Waals surface area contributed by atoms with Gasteiger partial charge in [-0.05, 0) is 36.4 Å². The smallest absolute Gasteiger partial charge is 0.363 e. The maximum atomic E-state index is 13.4. The molecule has 13 heteroatoms. The Bertz CT molecular complexity index is 1350. The van der Waals surface area contributed by atoms with Crippen LogP contribution in [0.25, 0.3) is 0 Å². The molecule has 0 saturated carbocycles. The number of halogens is 6. The van der Waals surface area contributed by atoms with Gasteiger partial charge in [-0.25, -0.2) is 17.7 Å². The molecule has 0 N–H and O–H groups in total. The third kappa shape index (κ3) is 5.31. The van der Waals surface area contributed by atoms with Crippen molar-refractivity contribution in [2.45, 2.75) is 11.1 Å². The van der Waals surface area contributed by atoms with Crippen LogP contribution in [-0.4, -0.2) is 33.0 Å². The molecule has 0 atom stereocenters. The van der Waals surface area contributed by atoms with E-state index in [4.69, 9.17) is 39.5 Å². The molecule has 0 unspecified atom stereocenters. The predicted molar refractivity (Wildman–Crippen MR) is 122 cm³/mol. The summed E-state index contributed by atoms with van der Waals surface area (Å²) in [6, 6.07) is 9.26. The first kappa shape index (κ1) is 26.2. The highest BCUT2D eigenvalue weighted by Crippen LogP contribution is 2.37. The van der Waals surface area contributed by atoms with E-state index < -0.39 is 44.2 Å². The Morgan fingerprint density at radius 3 is 2.35 bits per heavy atom. The maximum absolute atomic E-state index is 13.4. The molecule has 2 aromatic carbocycles. The Morgan fingerprint density at radius 2 is 1.74 bits per heavy atom. The van der Waals surface area contributed by atoms with E-state index in [1.165, 1.54) is 19.2 Å². The van der Waals surface area contributed by atoms with Crippen LogP contribution in [0, 0.1) is 0 Å². The number of benzene rings is 2. The molecule has 0 amide bonds. The fourth-order valence-corrected chi connectivity index (χ4v) is 4.96. The quantitative estimate of drug-likeness (QED) is 0.261. The number of nitrogens with zero attached hydrogens (tertiary/aromatic N) is 2. The summed E-state index contributed by atoms with van der Waals surface area (Å²) in [5.74, 6) is -0.736. The van der Waals surface area contributed by atoms with Crippen LogP contribution in [0.4, 0.5) is 18.9 Å². The maximum Gasteiger partial charge on any atom is 0.417 e. The highest BCUT2D eigenvalue weighted by atomic mass is 35.5. The lowest BCUT2D eigenvalue weighted by Crippen LogP contribution is -2.34. The number of pyridine rings is 1. The lowest BCUT2D eigenvalue weighted by Gasteiger charge is -2.25. The number of carbonyl (C=O) groups excluding carboxylic acids is 1. The zero-order chi connectivity index (χ0) is 25.3. The fourth-order valence-electron chi connectivity index (χ4n) is 2.96. The predicted octanol–water partition coefficient (Wildman–Crippen LogP) is 6.09. The molecule has 0 spiro atoms. The average molecular weight is 554 g/mol. The molecule has 180 valence electrons. The number of aromatic nitrogens is 1. The number of hydrogen-bond acceptors (Lipinski definition) is 5. The third-order valence-corrected chi connectivity index (χ3v) is 7.11. The number of anilines is 1. The number of ether oxygens (including phenoxy) is 1. The molecular weight excluding hydrogens is 540 g/mol. The molecule has 0 radical (unpaired) electrons. The van der Waals surface area contributed by atoms with Crippen molar-refractivity contribution in [1.29, 1.82) is 0 Å². The Labute approximate surface area is 207 Å². The highest BCUT2D eigenvalue weighted by Gasteiger charge is 2.36. The van der Waals surface area contributed by atoms with E-state index in [1.54, 1.807) is 12.1 Å². The van der Waals surface area contributed by atoms with Gasteiger partial charge in [-0.1, -0.05) is 46.9 Å². The van der Waals surface area contributed by atoms with Crippen LogP contribution in [0.15, 0.2) is 59.6 Å². The summed E-state index contributed by atoms with van der Waals surface area (Å²) in [5, 5.41) is -0.623. The minimum atomic E-state index is -4.91. The molecule has 0 fully saturated rings. The molecule has 3 aromatic rings. The van der Waals surface area contributed by atoms with Gasteiger partial charge in [0.1, 0.15) is 12.4 Å². The van der Waals surface area contributed by atoms with Gasteiger partial charge in [0.05, 0.1) is 31.2 Å². The molecule has 0 aliphatic carbocycles. The van der Waals surface area contributed by atoms with Crippen molar-refractivity contribution in [2.75, 3.05) is 18.1 Å². The van der Waals surface area contributed by atoms with E-state index in [0.29, 0.717) is 10.4 Å². The van der Waals surface area contributed by atoms with Gasteiger partial charge < -0.3 is 4.74 Å². The summed E-state index contributed by atoms with van der Waals surface area (Å²) in [6.07, 6.45) is -3.78. The molecule has 0 aliphatic heterocycles. The zero-order valence-corrected chi connectivity index (χ0v) is 20.2. The van der Waals surface area contributed by atoms with Crippen LogP contribution in [0.2, 0.25) is 15.1 Å². The number of methoxy groups -OCH3 is 1. The monoisotopic (exact) mass is 552 g/mol. The van der Waals surface area contributed by atoms with Crippen LogP contribution in [-0.2, 0) is 20.9 Å². The second kappa shape index (κ2) is 10.1. The molecule has 3 rings (SSSR count). The number of rotatable bonds is 7. The van der Waals surface area contributed by atoms with Crippen molar-refractivity contribution in [3.63, 3.8) is 0 Å². The molecule has 6 nitrogen and oxygen atoms in total. The van der Waals surface area contributed by atoms with Crippen LogP contribution < -0.4 is 4.31 Å². The zero-order valence-electron chi connectivity index (χ0n) is 17.1. The number of hydrogen-bond donors (Lipinski definition) is 0. The SMILES string of the molecule is COCN(c1cc(Cl)cnc1C(=O)c1ccccc1Cl)S(=O)(=O)c1ccc(Cl)c(C(F)(F)F)c1. The molecule has 34 heavy (non-hydrogen) atoms. The second-order valence-electron chi connectivity index (χ2n) is 6.74. The van der Waals surface area contributed by atoms with Crippen LogP contribution in [0.5, 0.6) is 0 Å². The first-order valence-electron chi connectivity index (χ1n) is 9.21. The van der Waals surface area contributed by atoms with Crippen molar-refractivity contribution in [3.05, 3.63) is 86.6 Å². The second-order valence-corrected chi connectivity index (χ2v) is 9.85. The molecule has 1 aromatic heterocycles. The van der Waals surface area contributed by atoms with Gasteiger partial charge in [-0.15, -0.1) is 0 Å². The number of carbonyl (C=O) groups is 1. The minimum absolute atomic E-state index is 0.0286. The number of ketones is 1. The first-order chi connectivity index (χ1) is 15.9. The summed E-state index contributed by atoms with van der Waals surface area (Å²) < 4.78 is 72.4. The summed E-state index contributed by atoms with van der Waals surface area (Å²) in [6.45, 7) is -0.670. The topological polar surface area (TPSA) is 76.6 Å². The summed E-state index contributed by atoms with van der Waals surface area (Å²) in [5.41, 5.74) is -1.99. The van der Waals surface area contributed by atoms with E-state index in [1.807, 2.05) is 0 Å². The van der Waals surface area contributed by atoms with Gasteiger partial charge in [0, 0.05) is 18.9 Å². The minimum Gasteiger partial charge on any atom is -0.363 e. The van der Waals surface area contributed by atoms with E-state index in [-0.39, 0.29) is 27.0 Å². The van der Waals surface area contributed by atoms with Crippen LogP contribution in [0.3, 0.4) is 0 Å². The summed E-state index contributed by atoms with van der Waals surface area (Å²) in [4.78, 5) is 16.4. The van der Waals surface area contributed by atoms with E-state index in [9.17, 15) is 26.4 Å². The van der Waals surface area contributed by atoms with Gasteiger partial charge in [0.2, 0.25) is 5.78 Å². The Hall–Kier alpha value is -2.37. The third-order valence-electron chi connectivity index (χ3n) is 4.51. The summed E-state index contributed by atoms with van der Waals surface area (Å²) in [7, 11) is -3.55. The van der Waals surface area contributed by atoms with E-state index >= 15 is 0 Å². The van der Waals surface area contributed by atoms with E-state index in [2.05, 4.69) is 4.98 Å². The fraction of sp³-hybridized carbons (Fsp3) is 0.143. The normalized spacial score (nSPS) is 12.0. The number of sulfonamides is 1. The molecule has 0 aliphatic rings. The Balaban J connectivity index is 2.21. The van der Waals surface area contributed by atoms with Crippen molar-refractivity contribution < 1.29 is 31.1 Å². The summed E-state index contributed by atoms with van der Waals surface area (Å²) >= 11 is 17.7. The molecule has 0 saturated heterocycles. The van der Waals surface area contributed by atoms with Crippen LogP contribution in [0.1, 0.15) is 21.6 Å². The lowest BCUT2D eigenvalue weighted by molar-refractivity contribution is -0.137. The van der Waals surface area contributed by atoms with Crippen molar-refractivity contribution in [2.24, 2.45) is 0 Å². The molecule has 1 heterocycles. The van der Waals surface area contributed by atoms with Gasteiger partial charge in [-0.2, -0.15) is 13.2 Å². The van der Waals surface area contributed by atoms with Crippen LogP contribution >= 0.6 is 34.8 Å². The van der Waals surface area contributed by atoms with Gasteiger partial charge in [0.15, 0.2) is 0 Å². The van der Waals surface area contributed by atoms with Crippen molar-refractivity contribution in [3.8, 4) is 0 Å². The number of alkyl halides is 3. The lowest BCUT2D eigenvalue weighted by atomic mass is 10.1. The van der Waals surface area contributed by atoms with Crippen molar-refractivity contribution >= 4 is 56.3 Å². The highest BCUT2D eigenvalue weighted by molar-refractivity contribution is 7.92. The van der Waals surface area contributed by atoms with Gasteiger partial charge in [0.25, 0.3) is 10.0 Å². The molecule has 0 bridgehead atoms. The first-order valence-corrected chi connectivity index (χ1v) is 11.8. The van der Waals surface area contributed by atoms with E-state index in [0.717, 1.165) is 24.4 Å². The Kier molecular flexibility index (Phi) is 7.79. The molecular formula is C21H14Cl3F3N2O4S. The largest absolute Gasteiger partial charge is 0.417 e. The van der Waals surface area contributed by atoms with Gasteiger partial charge in [-0.3, -0.25) is 4.79 Å². The van der Waals surface area contributed by atoms with Gasteiger partial charge >= 0.3 is 6.18 Å². The standard InChI is InChI=1S/C21H14Cl3F3N2O4S/c1-33-11-29(34(31,32)13-6-7-17(24)15(9-13)21(25,26)27)18-8-12(22)10-28-19(18)20(30)14-4-2-3-5-16(14)23/h2-10H,11H2,1H3. The van der Waals surface area contributed by atoms with Crippen molar-refractivity contribution in [1.82, 2.24) is 4.98 Å². The average Bonchev–Trinajstić information content (AvgIpc) is 2.76. The Morgan fingerprint density at radius 1 is 1.06 bits per heavy atom.